The van der Waals surface area contributed by atoms with Crippen LogP contribution in [0.2, 0.25) is 5.02 Å². The minimum absolute atomic E-state index is 0.0869. The molecule has 116 valence electrons. The number of anilines is 1. The normalized spacial score (nSPS) is 11.5. The second-order valence-corrected chi connectivity index (χ2v) is 5.46. The van der Waals surface area contributed by atoms with Crippen molar-refractivity contribution in [2.75, 3.05) is 18.4 Å². The van der Waals surface area contributed by atoms with Crippen LogP contribution in [0.25, 0.3) is 0 Å². The molecule has 0 heterocycles. The highest BCUT2D eigenvalue weighted by Gasteiger charge is 2.34. The first-order chi connectivity index (χ1) is 9.68. The van der Waals surface area contributed by atoms with Gasteiger partial charge in [-0.1, -0.05) is 18.5 Å². The fourth-order valence-corrected chi connectivity index (χ4v) is 2.01. The third-order valence-corrected chi connectivity index (χ3v) is 3.55. The van der Waals surface area contributed by atoms with Gasteiger partial charge in [0, 0.05) is 0 Å². The Labute approximate surface area is 127 Å². The number of aliphatic carboxylic acids is 1. The molecule has 0 aliphatic carbocycles. The highest BCUT2D eigenvalue weighted by Crippen LogP contribution is 2.22. The van der Waals surface area contributed by atoms with Gasteiger partial charge in [0.15, 0.2) is 0 Å². The second kappa shape index (κ2) is 6.87. The van der Waals surface area contributed by atoms with Gasteiger partial charge in [-0.25, -0.2) is 4.39 Å². The Morgan fingerprint density at radius 1 is 1.43 bits per heavy atom. The number of carboxylic acid groups (broad SMARTS) is 1. The number of likely N-dealkylation sites (N-methyl/N-ethyl adjacent to an activating group) is 1. The van der Waals surface area contributed by atoms with E-state index in [1.165, 1.54) is 30.9 Å². The van der Waals surface area contributed by atoms with Crippen LogP contribution in [-0.2, 0) is 9.59 Å². The maximum absolute atomic E-state index is 12.9. The third kappa shape index (κ3) is 4.41. The Morgan fingerprint density at radius 2 is 2.05 bits per heavy atom. The Balaban J connectivity index is 2.78. The van der Waals surface area contributed by atoms with Crippen molar-refractivity contribution in [3.63, 3.8) is 0 Å². The number of rotatable bonds is 6. The molecule has 0 atom stereocenters. The summed E-state index contributed by atoms with van der Waals surface area (Å²) in [6.07, 6.45) is 0. The summed E-state index contributed by atoms with van der Waals surface area (Å²) < 4.78 is 12.9. The van der Waals surface area contributed by atoms with Crippen LogP contribution in [0.1, 0.15) is 20.8 Å². The molecule has 1 aromatic carbocycles. The van der Waals surface area contributed by atoms with Crippen LogP contribution >= 0.6 is 11.6 Å². The van der Waals surface area contributed by atoms with Crippen LogP contribution in [0.5, 0.6) is 0 Å². The number of hydrogen-bond acceptors (Lipinski definition) is 3. The van der Waals surface area contributed by atoms with E-state index in [4.69, 9.17) is 11.6 Å². The summed E-state index contributed by atoms with van der Waals surface area (Å²) in [7, 11) is 0. The average Bonchev–Trinajstić information content (AvgIpc) is 2.38. The first-order valence-electron chi connectivity index (χ1n) is 6.41. The van der Waals surface area contributed by atoms with Gasteiger partial charge < -0.3 is 10.4 Å². The molecule has 1 rings (SSSR count). The fourth-order valence-electron chi connectivity index (χ4n) is 1.79. The molecule has 1 aromatic rings. The van der Waals surface area contributed by atoms with Crippen molar-refractivity contribution in [2.24, 2.45) is 0 Å². The van der Waals surface area contributed by atoms with E-state index in [-0.39, 0.29) is 17.3 Å². The van der Waals surface area contributed by atoms with Crippen molar-refractivity contribution in [1.29, 1.82) is 0 Å². The zero-order valence-corrected chi connectivity index (χ0v) is 12.9. The molecule has 0 bridgehead atoms. The summed E-state index contributed by atoms with van der Waals surface area (Å²) >= 11 is 5.82. The monoisotopic (exact) mass is 316 g/mol. The summed E-state index contributed by atoms with van der Waals surface area (Å²) in [5, 5.41) is 11.8. The molecule has 5 nitrogen and oxygen atoms in total. The van der Waals surface area contributed by atoms with Gasteiger partial charge in [-0.05, 0) is 38.6 Å². The number of nitrogens with zero attached hydrogens (tertiary/aromatic N) is 1. The van der Waals surface area contributed by atoms with E-state index in [0.717, 1.165) is 6.07 Å². The number of amides is 1. The fraction of sp³-hybridized carbons (Fsp3) is 0.429. The first kappa shape index (κ1) is 17.4. The van der Waals surface area contributed by atoms with Crippen molar-refractivity contribution < 1.29 is 19.1 Å². The second-order valence-electron chi connectivity index (χ2n) is 5.05. The van der Waals surface area contributed by atoms with E-state index in [1.54, 1.807) is 6.92 Å². The minimum Gasteiger partial charge on any atom is -0.480 e. The molecule has 0 unspecified atom stereocenters. The van der Waals surface area contributed by atoms with Gasteiger partial charge in [0.1, 0.15) is 11.4 Å². The number of benzene rings is 1. The van der Waals surface area contributed by atoms with Gasteiger partial charge in [-0.3, -0.25) is 14.5 Å². The lowest BCUT2D eigenvalue weighted by molar-refractivity contribution is -0.149. The Hall–Kier alpha value is -1.66. The molecule has 7 heteroatoms. The number of nitrogens with one attached hydrogen (secondary N) is 1. The van der Waals surface area contributed by atoms with Gasteiger partial charge in [0.25, 0.3) is 0 Å². The number of carboxylic acids is 1. The molecule has 0 fully saturated rings. The molecular weight excluding hydrogens is 299 g/mol. The highest BCUT2D eigenvalue weighted by atomic mass is 35.5. The molecular formula is C14H18ClFN2O3. The lowest BCUT2D eigenvalue weighted by Gasteiger charge is -2.33. The molecule has 0 spiro atoms. The average molecular weight is 317 g/mol. The molecule has 0 saturated carbocycles. The van der Waals surface area contributed by atoms with E-state index >= 15 is 0 Å². The summed E-state index contributed by atoms with van der Waals surface area (Å²) in [6, 6.07) is 3.63. The number of carbonyl (C=O) groups excluding carboxylic acids is 1. The van der Waals surface area contributed by atoms with Crippen molar-refractivity contribution >= 4 is 29.2 Å². The maximum atomic E-state index is 12.9. The van der Waals surface area contributed by atoms with Gasteiger partial charge in [-0.15, -0.1) is 0 Å². The zero-order valence-electron chi connectivity index (χ0n) is 12.1. The highest BCUT2D eigenvalue weighted by molar-refractivity contribution is 6.33. The van der Waals surface area contributed by atoms with Gasteiger partial charge >= 0.3 is 5.97 Å². The molecule has 0 aliphatic heterocycles. The number of hydrogen-bond donors (Lipinski definition) is 2. The lowest BCUT2D eigenvalue weighted by Crippen LogP contribution is -2.52. The standard InChI is InChI=1S/C14H18ClFN2O3/c1-4-18(14(2,3)13(20)21)8-12(19)17-11-6-5-9(16)7-10(11)15/h5-7H,4,8H2,1-3H3,(H,17,19)(H,20,21). The third-order valence-electron chi connectivity index (χ3n) is 3.24. The summed E-state index contributed by atoms with van der Waals surface area (Å²) in [5.74, 6) is -1.93. The van der Waals surface area contributed by atoms with E-state index in [1.807, 2.05) is 0 Å². The Morgan fingerprint density at radius 3 is 2.52 bits per heavy atom. The number of halogens is 2. The van der Waals surface area contributed by atoms with Crippen LogP contribution in [0.15, 0.2) is 18.2 Å². The van der Waals surface area contributed by atoms with Crippen LogP contribution in [0.3, 0.4) is 0 Å². The molecule has 1 amide bonds. The topological polar surface area (TPSA) is 69.6 Å². The zero-order chi connectivity index (χ0) is 16.2. The van der Waals surface area contributed by atoms with Crippen molar-refractivity contribution in [1.82, 2.24) is 4.90 Å². The minimum atomic E-state index is -1.17. The van der Waals surface area contributed by atoms with Gasteiger partial charge in [-0.2, -0.15) is 0 Å². The van der Waals surface area contributed by atoms with Crippen LogP contribution in [0, 0.1) is 5.82 Å². The van der Waals surface area contributed by atoms with E-state index in [9.17, 15) is 19.1 Å². The smallest absolute Gasteiger partial charge is 0.323 e. The van der Waals surface area contributed by atoms with Crippen LogP contribution < -0.4 is 5.32 Å². The summed E-state index contributed by atoms with van der Waals surface area (Å²) in [6.45, 7) is 5.10. The molecule has 2 N–H and O–H groups in total. The van der Waals surface area contributed by atoms with E-state index < -0.39 is 23.2 Å². The summed E-state index contributed by atoms with van der Waals surface area (Å²) in [5.41, 5.74) is -0.883. The number of carbonyl (C=O) groups is 2. The quantitative estimate of drug-likeness (QED) is 0.846. The van der Waals surface area contributed by atoms with Crippen molar-refractivity contribution in [3.05, 3.63) is 29.0 Å². The molecule has 21 heavy (non-hydrogen) atoms. The Bertz CT molecular complexity index is 549. The molecule has 0 saturated heterocycles. The van der Waals surface area contributed by atoms with Gasteiger partial charge in [0.2, 0.25) is 5.91 Å². The van der Waals surface area contributed by atoms with E-state index in [2.05, 4.69) is 5.32 Å². The predicted molar refractivity (Wildman–Crippen MR) is 79.0 cm³/mol. The lowest BCUT2D eigenvalue weighted by atomic mass is 10.0. The van der Waals surface area contributed by atoms with Crippen LogP contribution in [0.4, 0.5) is 10.1 Å². The molecule has 0 aliphatic rings. The van der Waals surface area contributed by atoms with Crippen LogP contribution in [-0.4, -0.2) is 40.5 Å². The van der Waals surface area contributed by atoms with Gasteiger partial charge in [0.05, 0.1) is 17.3 Å². The van der Waals surface area contributed by atoms with Crippen molar-refractivity contribution in [3.8, 4) is 0 Å². The molecule has 0 radical (unpaired) electrons. The first-order valence-corrected chi connectivity index (χ1v) is 6.79. The molecule has 0 aromatic heterocycles. The Kier molecular flexibility index (Phi) is 5.69. The largest absolute Gasteiger partial charge is 0.480 e. The van der Waals surface area contributed by atoms with Crippen molar-refractivity contribution in [2.45, 2.75) is 26.3 Å². The maximum Gasteiger partial charge on any atom is 0.323 e. The SMILES string of the molecule is CCN(CC(=O)Nc1ccc(F)cc1Cl)C(C)(C)C(=O)O. The predicted octanol–water partition coefficient (Wildman–Crippen LogP) is 2.60. The summed E-state index contributed by atoms with van der Waals surface area (Å²) in [4.78, 5) is 24.7. The van der Waals surface area contributed by atoms with E-state index in [0.29, 0.717) is 6.54 Å².